The molecule has 2 aromatic carbocycles. The Morgan fingerprint density at radius 3 is 2.59 bits per heavy atom. The van der Waals surface area contributed by atoms with Gasteiger partial charge in [-0.05, 0) is 36.2 Å². The number of nitrogens with zero attached hydrogens (tertiary/aromatic N) is 3. The second-order valence-corrected chi connectivity index (χ2v) is 8.34. The van der Waals surface area contributed by atoms with Gasteiger partial charge in [-0.25, -0.2) is 0 Å². The molecule has 170 valence electrons. The van der Waals surface area contributed by atoms with Crippen molar-refractivity contribution in [3.8, 4) is 6.07 Å². The third-order valence-electron chi connectivity index (χ3n) is 5.85. The summed E-state index contributed by atoms with van der Waals surface area (Å²) in [5, 5.41) is 9.47. The number of hydrogen-bond donors (Lipinski definition) is 0. The van der Waals surface area contributed by atoms with Crippen molar-refractivity contribution >= 4 is 17.3 Å². The highest BCUT2D eigenvalue weighted by atomic mass is 35.5. The van der Waals surface area contributed by atoms with Crippen LogP contribution in [0.3, 0.4) is 0 Å². The van der Waals surface area contributed by atoms with Crippen molar-refractivity contribution in [1.82, 2.24) is 4.90 Å². The number of ether oxygens (including phenoxy) is 2. The highest BCUT2D eigenvalue weighted by Crippen LogP contribution is 2.35. The van der Waals surface area contributed by atoms with E-state index in [1.54, 1.807) is 24.3 Å². The van der Waals surface area contributed by atoms with Crippen LogP contribution in [-0.4, -0.2) is 50.1 Å². The first-order chi connectivity index (χ1) is 15.3. The quantitative estimate of drug-likeness (QED) is 0.619. The normalized spacial score (nSPS) is 19.9. The molecule has 1 unspecified atom stereocenters. The molecule has 2 aromatic rings. The van der Waals surface area contributed by atoms with E-state index in [0.29, 0.717) is 37.6 Å². The van der Waals surface area contributed by atoms with E-state index >= 15 is 0 Å². The monoisotopic (exact) mass is 465 g/mol. The zero-order valence-corrected chi connectivity index (χ0v) is 18.1. The number of nitriles is 1. The Bertz CT molecular complexity index is 989. The van der Waals surface area contributed by atoms with Gasteiger partial charge in [-0.2, -0.15) is 18.4 Å². The summed E-state index contributed by atoms with van der Waals surface area (Å²) in [4.78, 5) is 4.16. The van der Waals surface area contributed by atoms with Gasteiger partial charge in [0.1, 0.15) is 6.07 Å². The molecule has 2 saturated heterocycles. The predicted molar refractivity (Wildman–Crippen MR) is 114 cm³/mol. The van der Waals surface area contributed by atoms with Crippen molar-refractivity contribution < 1.29 is 22.6 Å². The van der Waals surface area contributed by atoms with E-state index in [9.17, 15) is 18.4 Å². The maximum atomic E-state index is 13.6. The molecule has 2 heterocycles. The van der Waals surface area contributed by atoms with E-state index in [-0.39, 0.29) is 29.5 Å². The average molecular weight is 466 g/mol. The van der Waals surface area contributed by atoms with Gasteiger partial charge in [-0.15, -0.1) is 0 Å². The minimum Gasteiger partial charge on any atom is -0.363 e. The van der Waals surface area contributed by atoms with Gasteiger partial charge in [0.15, 0.2) is 6.29 Å². The third-order valence-corrected chi connectivity index (χ3v) is 6.17. The molecule has 5 nitrogen and oxygen atoms in total. The fourth-order valence-electron chi connectivity index (χ4n) is 4.28. The van der Waals surface area contributed by atoms with Gasteiger partial charge in [0.2, 0.25) is 0 Å². The molecular weight excluding hydrogens is 443 g/mol. The summed E-state index contributed by atoms with van der Waals surface area (Å²) in [5.74, 6) is 0. The van der Waals surface area contributed by atoms with Crippen LogP contribution in [0, 0.1) is 11.3 Å². The molecule has 4 rings (SSSR count). The first-order valence-corrected chi connectivity index (χ1v) is 10.8. The van der Waals surface area contributed by atoms with Crippen LogP contribution >= 0.6 is 11.6 Å². The van der Waals surface area contributed by atoms with Crippen LogP contribution in [0.2, 0.25) is 5.02 Å². The van der Waals surface area contributed by atoms with Crippen molar-refractivity contribution in [1.29, 1.82) is 5.26 Å². The Morgan fingerprint density at radius 1 is 1.16 bits per heavy atom. The molecule has 0 aromatic heterocycles. The third kappa shape index (κ3) is 5.18. The summed E-state index contributed by atoms with van der Waals surface area (Å²) in [6.07, 6.45) is -3.93. The number of benzene rings is 2. The number of hydrogen-bond acceptors (Lipinski definition) is 5. The molecule has 2 fully saturated rings. The number of alkyl halides is 3. The molecule has 0 aliphatic carbocycles. The van der Waals surface area contributed by atoms with E-state index in [1.165, 1.54) is 12.1 Å². The van der Waals surface area contributed by atoms with Gasteiger partial charge in [0, 0.05) is 37.9 Å². The molecule has 0 spiro atoms. The lowest BCUT2D eigenvalue weighted by Crippen LogP contribution is -2.39. The molecule has 2 aliphatic heterocycles. The Morgan fingerprint density at radius 2 is 1.91 bits per heavy atom. The van der Waals surface area contributed by atoms with E-state index in [4.69, 9.17) is 21.1 Å². The van der Waals surface area contributed by atoms with Gasteiger partial charge in [0.05, 0.1) is 29.4 Å². The smallest absolute Gasteiger partial charge is 0.363 e. The van der Waals surface area contributed by atoms with Crippen molar-refractivity contribution in [2.45, 2.75) is 31.5 Å². The highest BCUT2D eigenvalue weighted by molar-refractivity contribution is 6.32. The Kier molecular flexibility index (Phi) is 6.91. The number of anilines is 1. The molecule has 1 atom stereocenters. The summed E-state index contributed by atoms with van der Waals surface area (Å²) in [5.41, 5.74) is 0.564. The first-order valence-electron chi connectivity index (χ1n) is 10.4. The second-order valence-electron chi connectivity index (χ2n) is 7.93. The number of halogens is 4. The number of likely N-dealkylation sites (tertiary alicyclic amines) is 1. The Labute approximate surface area is 189 Å². The number of rotatable bonds is 6. The average Bonchev–Trinajstić information content (AvgIpc) is 3.44. The van der Waals surface area contributed by atoms with Crippen LogP contribution in [0.4, 0.5) is 18.9 Å². The molecule has 32 heavy (non-hydrogen) atoms. The standard InChI is InChI=1S/C23H23ClF3N3O2/c24-21-11-18(6-5-16(21)12-28)30(13-17-3-1-2-4-20(17)23(25,26)27)19-7-8-29(14-19)15-22-31-9-10-32-22/h1-6,11,19,22H,7-10,13-15H2. The van der Waals surface area contributed by atoms with E-state index in [1.807, 2.05) is 11.0 Å². The van der Waals surface area contributed by atoms with Crippen LogP contribution in [-0.2, 0) is 22.2 Å². The predicted octanol–water partition coefficient (Wildman–Crippen LogP) is 4.68. The van der Waals surface area contributed by atoms with Crippen LogP contribution in [0.5, 0.6) is 0 Å². The topological polar surface area (TPSA) is 48.7 Å². The Hall–Kier alpha value is -2.31. The molecule has 0 saturated carbocycles. The van der Waals surface area contributed by atoms with Crippen molar-refractivity contribution in [2.24, 2.45) is 0 Å². The lowest BCUT2D eigenvalue weighted by molar-refractivity contribution is -0.138. The minimum absolute atomic E-state index is 0.0262. The fourth-order valence-corrected chi connectivity index (χ4v) is 4.50. The summed E-state index contributed by atoms with van der Waals surface area (Å²) >= 11 is 6.26. The first kappa shape index (κ1) is 22.9. The summed E-state index contributed by atoms with van der Waals surface area (Å²) < 4.78 is 51.9. The lowest BCUT2D eigenvalue weighted by atomic mass is 10.0. The van der Waals surface area contributed by atoms with Crippen molar-refractivity contribution in [3.63, 3.8) is 0 Å². The summed E-state index contributed by atoms with van der Waals surface area (Å²) in [6.45, 7) is 3.30. The molecule has 0 bridgehead atoms. The largest absolute Gasteiger partial charge is 0.416 e. The van der Waals surface area contributed by atoms with Gasteiger partial charge in [-0.1, -0.05) is 29.8 Å². The van der Waals surface area contributed by atoms with Gasteiger partial charge < -0.3 is 14.4 Å². The van der Waals surface area contributed by atoms with Crippen molar-refractivity contribution in [3.05, 3.63) is 64.2 Å². The molecule has 0 amide bonds. The van der Waals surface area contributed by atoms with Gasteiger partial charge in [0.25, 0.3) is 0 Å². The minimum atomic E-state index is -4.44. The van der Waals surface area contributed by atoms with Crippen LogP contribution in [0.1, 0.15) is 23.1 Å². The van der Waals surface area contributed by atoms with Crippen LogP contribution in [0.15, 0.2) is 42.5 Å². The molecule has 9 heteroatoms. The van der Waals surface area contributed by atoms with Gasteiger partial charge >= 0.3 is 6.18 Å². The zero-order chi connectivity index (χ0) is 22.7. The molecule has 2 aliphatic rings. The van der Waals surface area contributed by atoms with Crippen LogP contribution < -0.4 is 4.90 Å². The zero-order valence-electron chi connectivity index (χ0n) is 17.3. The molecular formula is C23H23ClF3N3O2. The van der Waals surface area contributed by atoms with E-state index in [2.05, 4.69) is 4.90 Å². The fraction of sp³-hybridized carbons (Fsp3) is 0.435. The highest BCUT2D eigenvalue weighted by Gasteiger charge is 2.35. The van der Waals surface area contributed by atoms with E-state index < -0.39 is 11.7 Å². The van der Waals surface area contributed by atoms with Crippen molar-refractivity contribution in [2.75, 3.05) is 37.7 Å². The second kappa shape index (κ2) is 9.67. The van der Waals surface area contributed by atoms with Gasteiger partial charge in [-0.3, -0.25) is 4.90 Å². The molecule has 0 N–H and O–H groups in total. The Balaban J connectivity index is 1.61. The summed E-state index contributed by atoms with van der Waals surface area (Å²) in [7, 11) is 0. The maximum Gasteiger partial charge on any atom is 0.416 e. The maximum absolute atomic E-state index is 13.6. The van der Waals surface area contributed by atoms with E-state index in [0.717, 1.165) is 19.0 Å². The van der Waals surface area contributed by atoms with Crippen LogP contribution in [0.25, 0.3) is 0 Å². The lowest BCUT2D eigenvalue weighted by Gasteiger charge is -2.33. The molecule has 0 radical (unpaired) electrons. The summed E-state index contributed by atoms with van der Waals surface area (Å²) in [6, 6.07) is 12.6. The SMILES string of the molecule is N#Cc1ccc(N(Cc2ccccc2C(F)(F)F)C2CCN(CC3OCCO3)C2)cc1Cl.